The monoisotopic (exact) mass is 206 g/mol. The van der Waals surface area contributed by atoms with E-state index in [0.717, 1.165) is 31.3 Å². The predicted molar refractivity (Wildman–Crippen MR) is 64.8 cm³/mol. The second kappa shape index (κ2) is 5.29. The first-order chi connectivity index (χ1) is 7.11. The fourth-order valence-corrected chi connectivity index (χ4v) is 2.14. The Bertz CT molecular complexity index is 275. The molecule has 0 aromatic carbocycles. The second-order valence-corrected chi connectivity index (χ2v) is 4.78. The van der Waals surface area contributed by atoms with Crippen LogP contribution in [0.5, 0.6) is 0 Å². The van der Waals surface area contributed by atoms with Gasteiger partial charge < -0.3 is 0 Å². The number of carbonyl (C=O) groups is 1. The molecular weight excluding hydrogens is 184 g/mol. The van der Waals surface area contributed by atoms with E-state index in [-0.39, 0.29) is 5.41 Å². The van der Waals surface area contributed by atoms with Crippen LogP contribution in [0.4, 0.5) is 0 Å². The molecule has 0 aromatic heterocycles. The maximum atomic E-state index is 11.8. The van der Waals surface area contributed by atoms with Crippen LogP contribution in [0.25, 0.3) is 0 Å². The van der Waals surface area contributed by atoms with Gasteiger partial charge >= 0.3 is 0 Å². The van der Waals surface area contributed by atoms with E-state index in [2.05, 4.69) is 26.5 Å². The fraction of sp³-hybridized carbons (Fsp3) is 0.643. The SMILES string of the molecule is C=CCCC(=O)C1=CC(C)(CC)CCC1. The Labute approximate surface area is 93.3 Å². The highest BCUT2D eigenvalue weighted by molar-refractivity contribution is 5.95. The molecule has 0 bridgehead atoms. The van der Waals surface area contributed by atoms with Crippen molar-refractivity contribution in [3.05, 3.63) is 24.3 Å². The van der Waals surface area contributed by atoms with Crippen molar-refractivity contribution < 1.29 is 4.79 Å². The van der Waals surface area contributed by atoms with E-state index in [9.17, 15) is 4.79 Å². The van der Waals surface area contributed by atoms with Crippen LogP contribution in [0.1, 0.15) is 52.4 Å². The van der Waals surface area contributed by atoms with Crippen LogP contribution in [0.15, 0.2) is 24.3 Å². The van der Waals surface area contributed by atoms with E-state index in [0.29, 0.717) is 12.2 Å². The third-order valence-electron chi connectivity index (χ3n) is 3.46. The molecule has 0 saturated carbocycles. The summed E-state index contributed by atoms with van der Waals surface area (Å²) in [5.74, 6) is 0.328. The number of ketones is 1. The number of Topliss-reactive ketones (excluding diaryl/α,β-unsaturated/α-hetero) is 1. The minimum Gasteiger partial charge on any atom is -0.295 e. The van der Waals surface area contributed by atoms with Gasteiger partial charge in [0.1, 0.15) is 0 Å². The number of hydrogen-bond acceptors (Lipinski definition) is 1. The van der Waals surface area contributed by atoms with E-state index in [1.54, 1.807) is 0 Å². The van der Waals surface area contributed by atoms with Gasteiger partial charge in [0.2, 0.25) is 0 Å². The van der Waals surface area contributed by atoms with Crippen LogP contribution in [0.2, 0.25) is 0 Å². The molecule has 1 heteroatoms. The van der Waals surface area contributed by atoms with Gasteiger partial charge in [0.25, 0.3) is 0 Å². The highest BCUT2D eigenvalue weighted by Crippen LogP contribution is 2.36. The van der Waals surface area contributed by atoms with Crippen LogP contribution in [0, 0.1) is 5.41 Å². The average molecular weight is 206 g/mol. The van der Waals surface area contributed by atoms with Crippen LogP contribution in [0.3, 0.4) is 0 Å². The molecule has 0 amide bonds. The molecule has 1 unspecified atom stereocenters. The summed E-state index contributed by atoms with van der Waals surface area (Å²) in [7, 11) is 0. The minimum atomic E-state index is 0.261. The summed E-state index contributed by atoms with van der Waals surface area (Å²) in [6.07, 6.45) is 9.98. The zero-order chi connectivity index (χ0) is 11.3. The van der Waals surface area contributed by atoms with Crippen molar-refractivity contribution >= 4 is 5.78 Å². The lowest BCUT2D eigenvalue weighted by atomic mass is 9.75. The molecule has 15 heavy (non-hydrogen) atoms. The molecule has 0 radical (unpaired) electrons. The Morgan fingerprint density at radius 2 is 2.40 bits per heavy atom. The van der Waals surface area contributed by atoms with Gasteiger partial charge in [-0.3, -0.25) is 4.79 Å². The van der Waals surface area contributed by atoms with E-state index >= 15 is 0 Å². The summed E-state index contributed by atoms with van der Waals surface area (Å²) >= 11 is 0. The fourth-order valence-electron chi connectivity index (χ4n) is 2.14. The lowest BCUT2D eigenvalue weighted by molar-refractivity contribution is -0.115. The van der Waals surface area contributed by atoms with Crippen molar-refractivity contribution in [1.29, 1.82) is 0 Å². The number of rotatable bonds is 5. The first-order valence-corrected chi connectivity index (χ1v) is 5.97. The summed E-state index contributed by atoms with van der Waals surface area (Å²) in [6, 6.07) is 0. The largest absolute Gasteiger partial charge is 0.295 e. The molecule has 84 valence electrons. The van der Waals surface area contributed by atoms with Gasteiger partial charge in [-0.15, -0.1) is 6.58 Å². The van der Waals surface area contributed by atoms with Gasteiger partial charge in [0, 0.05) is 6.42 Å². The zero-order valence-electron chi connectivity index (χ0n) is 10.0. The number of allylic oxidation sites excluding steroid dienone is 3. The Morgan fingerprint density at radius 1 is 1.67 bits per heavy atom. The summed E-state index contributed by atoms with van der Waals surface area (Å²) in [5.41, 5.74) is 1.32. The van der Waals surface area contributed by atoms with E-state index < -0.39 is 0 Å². The standard InChI is InChI=1S/C14H22O/c1-4-6-9-13(15)12-8-7-10-14(3,5-2)11-12/h4,11H,1,5-10H2,2-3H3. The first kappa shape index (κ1) is 12.2. The summed E-state index contributed by atoms with van der Waals surface area (Å²) < 4.78 is 0. The number of carbonyl (C=O) groups excluding carboxylic acids is 1. The van der Waals surface area contributed by atoms with Crippen molar-refractivity contribution in [2.75, 3.05) is 0 Å². The van der Waals surface area contributed by atoms with E-state index in [1.807, 2.05) is 6.08 Å². The Balaban J connectivity index is 2.68. The molecule has 0 aliphatic heterocycles. The Hall–Kier alpha value is -0.850. The Kier molecular flexibility index (Phi) is 4.31. The molecule has 1 aliphatic rings. The van der Waals surface area contributed by atoms with E-state index in [4.69, 9.17) is 0 Å². The Morgan fingerprint density at radius 3 is 3.00 bits per heavy atom. The maximum Gasteiger partial charge on any atom is 0.158 e. The normalized spacial score (nSPS) is 25.9. The van der Waals surface area contributed by atoms with Crippen molar-refractivity contribution in [2.45, 2.75) is 52.4 Å². The average Bonchev–Trinajstić information content (AvgIpc) is 2.26. The van der Waals surface area contributed by atoms with Crippen molar-refractivity contribution in [3.8, 4) is 0 Å². The summed E-state index contributed by atoms with van der Waals surface area (Å²) in [6.45, 7) is 8.11. The molecule has 1 nitrogen and oxygen atoms in total. The van der Waals surface area contributed by atoms with Crippen LogP contribution >= 0.6 is 0 Å². The van der Waals surface area contributed by atoms with Crippen molar-refractivity contribution in [3.63, 3.8) is 0 Å². The maximum absolute atomic E-state index is 11.8. The number of hydrogen-bond donors (Lipinski definition) is 0. The van der Waals surface area contributed by atoms with Crippen molar-refractivity contribution in [1.82, 2.24) is 0 Å². The zero-order valence-corrected chi connectivity index (χ0v) is 10.0. The molecular formula is C14H22O. The van der Waals surface area contributed by atoms with Crippen molar-refractivity contribution in [2.24, 2.45) is 5.41 Å². The molecule has 0 spiro atoms. The topological polar surface area (TPSA) is 17.1 Å². The highest BCUT2D eigenvalue weighted by atomic mass is 16.1. The molecule has 0 aromatic rings. The van der Waals surface area contributed by atoms with Crippen LogP contribution in [-0.4, -0.2) is 5.78 Å². The molecule has 0 N–H and O–H groups in total. The van der Waals surface area contributed by atoms with Gasteiger partial charge in [-0.25, -0.2) is 0 Å². The molecule has 1 aliphatic carbocycles. The summed E-state index contributed by atoms with van der Waals surface area (Å²) in [5, 5.41) is 0. The summed E-state index contributed by atoms with van der Waals surface area (Å²) in [4.78, 5) is 11.8. The molecule has 1 atom stereocenters. The van der Waals surface area contributed by atoms with E-state index in [1.165, 1.54) is 6.42 Å². The van der Waals surface area contributed by atoms with Gasteiger partial charge in [0.05, 0.1) is 0 Å². The van der Waals surface area contributed by atoms with Crippen LogP contribution in [-0.2, 0) is 4.79 Å². The third kappa shape index (κ3) is 3.33. The molecule has 0 fully saturated rings. The third-order valence-corrected chi connectivity index (χ3v) is 3.46. The lowest BCUT2D eigenvalue weighted by Crippen LogP contribution is -2.19. The van der Waals surface area contributed by atoms with Gasteiger partial charge in [-0.05, 0) is 43.1 Å². The highest BCUT2D eigenvalue weighted by Gasteiger charge is 2.25. The first-order valence-electron chi connectivity index (χ1n) is 5.97. The van der Waals surface area contributed by atoms with Crippen LogP contribution < -0.4 is 0 Å². The second-order valence-electron chi connectivity index (χ2n) is 4.78. The van der Waals surface area contributed by atoms with Gasteiger partial charge in [0.15, 0.2) is 5.78 Å². The smallest absolute Gasteiger partial charge is 0.158 e. The predicted octanol–water partition coefficient (Wildman–Crippen LogP) is 4.05. The van der Waals surface area contributed by atoms with Gasteiger partial charge in [-0.2, -0.15) is 0 Å². The molecule has 1 rings (SSSR count). The lowest BCUT2D eigenvalue weighted by Gasteiger charge is -2.30. The quantitative estimate of drug-likeness (QED) is 0.620. The minimum absolute atomic E-state index is 0.261. The molecule has 0 heterocycles. The van der Waals surface area contributed by atoms with Gasteiger partial charge in [-0.1, -0.05) is 26.0 Å². The molecule has 0 saturated heterocycles.